The van der Waals surface area contributed by atoms with Gasteiger partial charge in [-0.25, -0.2) is 4.98 Å². The van der Waals surface area contributed by atoms with Crippen molar-refractivity contribution in [2.45, 2.75) is 25.3 Å². The number of aliphatic hydroxyl groups is 1. The molecule has 1 atom stereocenters. The average Bonchev–Trinajstić information content (AvgIpc) is 2.70. The minimum Gasteiger partial charge on any atom is -0.505 e. The third-order valence-electron chi connectivity index (χ3n) is 5.10. The lowest BCUT2D eigenvalue weighted by atomic mass is 10.1. The maximum atomic E-state index is 12.7. The summed E-state index contributed by atoms with van der Waals surface area (Å²) in [6.07, 6.45) is 4.20. The quantitative estimate of drug-likeness (QED) is 0.780. The van der Waals surface area contributed by atoms with Crippen LogP contribution in [0.3, 0.4) is 0 Å². The highest BCUT2D eigenvalue weighted by molar-refractivity contribution is 5.94. The molecule has 6 nitrogen and oxygen atoms in total. The van der Waals surface area contributed by atoms with Crippen LogP contribution in [0.25, 0.3) is 0 Å². The molecule has 6 heteroatoms. The summed E-state index contributed by atoms with van der Waals surface area (Å²) in [5.74, 6) is -0.341. The van der Waals surface area contributed by atoms with Crippen molar-refractivity contribution in [2.75, 3.05) is 32.8 Å². The molecular weight excluding hydrogens is 342 g/mol. The molecule has 1 aromatic heterocycles. The van der Waals surface area contributed by atoms with Crippen molar-refractivity contribution < 1.29 is 15.0 Å². The fraction of sp³-hybridized carbons (Fsp3) is 0.429. The minimum absolute atomic E-state index is 0.0912. The second-order valence-corrected chi connectivity index (χ2v) is 6.91. The number of nitrogens with zero attached hydrogens (tertiary/aromatic N) is 3. The van der Waals surface area contributed by atoms with E-state index in [-0.39, 0.29) is 30.0 Å². The molecule has 0 aliphatic carbocycles. The number of aromatic nitrogens is 1. The SMILES string of the molecule is O=C(c1ncccc1O)N1CCN(CCCc2ccccc2)C(CCO)C1. The monoisotopic (exact) mass is 369 g/mol. The van der Waals surface area contributed by atoms with Gasteiger partial charge in [0.2, 0.25) is 0 Å². The first-order valence-electron chi connectivity index (χ1n) is 9.51. The lowest BCUT2D eigenvalue weighted by Gasteiger charge is -2.41. The summed E-state index contributed by atoms with van der Waals surface area (Å²) in [5, 5.41) is 19.3. The second kappa shape index (κ2) is 9.48. The standard InChI is InChI=1S/C21H27N3O3/c25-15-10-18-16-24(21(27)20-19(26)9-4-11-22-20)14-13-23(18)12-5-8-17-6-2-1-3-7-17/h1-4,6-7,9,11,18,25-26H,5,8,10,12-16H2. The van der Waals surface area contributed by atoms with Crippen LogP contribution in [0.2, 0.25) is 0 Å². The first-order chi connectivity index (χ1) is 13.2. The molecule has 3 rings (SSSR count). The highest BCUT2D eigenvalue weighted by Gasteiger charge is 2.30. The number of aromatic hydroxyl groups is 1. The van der Waals surface area contributed by atoms with Crippen LogP contribution in [-0.2, 0) is 6.42 Å². The largest absolute Gasteiger partial charge is 0.505 e. The molecule has 0 bridgehead atoms. The molecule has 0 spiro atoms. The van der Waals surface area contributed by atoms with Crippen LogP contribution in [0.15, 0.2) is 48.7 Å². The third-order valence-corrected chi connectivity index (χ3v) is 5.10. The Bertz CT molecular complexity index is 738. The zero-order chi connectivity index (χ0) is 19.1. The Balaban J connectivity index is 1.58. The Hall–Kier alpha value is -2.44. The normalized spacial score (nSPS) is 17.8. The molecule has 2 aromatic rings. The van der Waals surface area contributed by atoms with Crippen molar-refractivity contribution in [3.05, 3.63) is 59.9 Å². The van der Waals surface area contributed by atoms with Gasteiger partial charge in [0.1, 0.15) is 5.75 Å². The van der Waals surface area contributed by atoms with E-state index >= 15 is 0 Å². The Labute approximate surface area is 160 Å². The van der Waals surface area contributed by atoms with Gasteiger partial charge in [-0.3, -0.25) is 9.69 Å². The van der Waals surface area contributed by atoms with E-state index in [0.717, 1.165) is 25.9 Å². The second-order valence-electron chi connectivity index (χ2n) is 6.91. The average molecular weight is 369 g/mol. The summed E-state index contributed by atoms with van der Waals surface area (Å²) < 4.78 is 0. The number of benzene rings is 1. The first-order valence-corrected chi connectivity index (χ1v) is 9.51. The van der Waals surface area contributed by atoms with Crippen LogP contribution in [0.5, 0.6) is 5.75 Å². The Kier molecular flexibility index (Phi) is 6.79. The lowest BCUT2D eigenvalue weighted by Crippen LogP contribution is -2.55. The highest BCUT2D eigenvalue weighted by atomic mass is 16.3. The minimum atomic E-state index is -0.250. The van der Waals surface area contributed by atoms with Crippen molar-refractivity contribution in [3.63, 3.8) is 0 Å². The fourth-order valence-corrected chi connectivity index (χ4v) is 3.64. The predicted molar refractivity (Wildman–Crippen MR) is 104 cm³/mol. The summed E-state index contributed by atoms with van der Waals surface area (Å²) in [4.78, 5) is 20.8. The lowest BCUT2D eigenvalue weighted by molar-refractivity contribution is 0.0412. The van der Waals surface area contributed by atoms with Gasteiger partial charge in [-0.15, -0.1) is 0 Å². The fourth-order valence-electron chi connectivity index (χ4n) is 3.64. The summed E-state index contributed by atoms with van der Waals surface area (Å²) in [6, 6.07) is 13.6. The van der Waals surface area contributed by atoms with Crippen LogP contribution in [-0.4, -0.2) is 69.7 Å². The van der Waals surface area contributed by atoms with Gasteiger partial charge in [-0.1, -0.05) is 30.3 Å². The molecule has 1 aliphatic heterocycles. The molecular formula is C21H27N3O3. The number of hydrogen-bond acceptors (Lipinski definition) is 5. The van der Waals surface area contributed by atoms with Gasteiger partial charge in [0.15, 0.2) is 5.69 Å². The first kappa shape index (κ1) is 19.3. The van der Waals surface area contributed by atoms with Crippen molar-refractivity contribution in [1.29, 1.82) is 0 Å². The molecule has 1 aliphatic rings. The zero-order valence-electron chi connectivity index (χ0n) is 15.5. The van der Waals surface area contributed by atoms with Crippen molar-refractivity contribution in [3.8, 4) is 5.75 Å². The maximum Gasteiger partial charge on any atom is 0.276 e. The van der Waals surface area contributed by atoms with E-state index in [2.05, 4.69) is 34.1 Å². The number of rotatable bonds is 7. The van der Waals surface area contributed by atoms with Crippen molar-refractivity contribution in [1.82, 2.24) is 14.8 Å². The Morgan fingerprint density at radius 2 is 1.96 bits per heavy atom. The number of aryl methyl sites for hydroxylation is 1. The zero-order valence-corrected chi connectivity index (χ0v) is 15.5. The van der Waals surface area contributed by atoms with Gasteiger partial charge in [-0.05, 0) is 43.5 Å². The molecule has 1 unspecified atom stereocenters. The van der Waals surface area contributed by atoms with E-state index in [4.69, 9.17) is 0 Å². The predicted octanol–water partition coefficient (Wildman–Crippen LogP) is 1.93. The molecule has 144 valence electrons. The molecule has 27 heavy (non-hydrogen) atoms. The summed E-state index contributed by atoms with van der Waals surface area (Å²) in [6.45, 7) is 2.94. The number of piperazine rings is 1. The van der Waals surface area contributed by atoms with Gasteiger partial charge in [-0.2, -0.15) is 0 Å². The van der Waals surface area contributed by atoms with E-state index in [9.17, 15) is 15.0 Å². The number of hydrogen-bond donors (Lipinski definition) is 2. The summed E-state index contributed by atoms with van der Waals surface area (Å²) >= 11 is 0. The molecule has 2 heterocycles. The van der Waals surface area contributed by atoms with Gasteiger partial charge in [0.25, 0.3) is 5.91 Å². The number of aliphatic hydroxyl groups excluding tert-OH is 1. The molecule has 1 saturated heterocycles. The molecule has 1 amide bonds. The molecule has 0 saturated carbocycles. The third kappa shape index (κ3) is 5.05. The molecule has 1 aromatic carbocycles. The Morgan fingerprint density at radius 1 is 1.15 bits per heavy atom. The van der Waals surface area contributed by atoms with E-state index in [1.807, 2.05) is 6.07 Å². The van der Waals surface area contributed by atoms with Crippen molar-refractivity contribution >= 4 is 5.91 Å². The van der Waals surface area contributed by atoms with Gasteiger partial charge in [0.05, 0.1) is 0 Å². The number of amides is 1. The number of carbonyl (C=O) groups is 1. The van der Waals surface area contributed by atoms with E-state index in [0.29, 0.717) is 19.5 Å². The molecule has 2 N–H and O–H groups in total. The summed E-state index contributed by atoms with van der Waals surface area (Å²) in [5.41, 5.74) is 1.42. The molecule has 1 fully saturated rings. The molecule has 0 radical (unpaired) electrons. The van der Waals surface area contributed by atoms with E-state index < -0.39 is 0 Å². The van der Waals surface area contributed by atoms with E-state index in [1.165, 1.54) is 17.8 Å². The van der Waals surface area contributed by atoms with Gasteiger partial charge in [0, 0.05) is 38.5 Å². The highest BCUT2D eigenvalue weighted by Crippen LogP contribution is 2.20. The van der Waals surface area contributed by atoms with E-state index in [1.54, 1.807) is 11.0 Å². The van der Waals surface area contributed by atoms with Crippen molar-refractivity contribution in [2.24, 2.45) is 0 Å². The van der Waals surface area contributed by atoms with Gasteiger partial charge >= 0.3 is 0 Å². The number of pyridine rings is 1. The van der Waals surface area contributed by atoms with Gasteiger partial charge < -0.3 is 15.1 Å². The Morgan fingerprint density at radius 3 is 2.70 bits per heavy atom. The van der Waals surface area contributed by atoms with Crippen LogP contribution < -0.4 is 0 Å². The number of carbonyl (C=O) groups excluding carboxylic acids is 1. The smallest absolute Gasteiger partial charge is 0.276 e. The summed E-state index contributed by atoms with van der Waals surface area (Å²) in [7, 11) is 0. The van der Waals surface area contributed by atoms with Crippen LogP contribution in [0, 0.1) is 0 Å². The topological polar surface area (TPSA) is 76.9 Å². The van der Waals surface area contributed by atoms with Crippen LogP contribution >= 0.6 is 0 Å². The van der Waals surface area contributed by atoms with Crippen LogP contribution in [0.4, 0.5) is 0 Å². The van der Waals surface area contributed by atoms with Crippen LogP contribution in [0.1, 0.15) is 28.9 Å². The maximum absolute atomic E-state index is 12.7.